The van der Waals surface area contributed by atoms with Crippen LogP contribution in [-0.2, 0) is 9.84 Å². The van der Waals surface area contributed by atoms with Crippen LogP contribution in [0.2, 0.25) is 0 Å². The Hall–Kier alpha value is -3.01. The Labute approximate surface area is 167 Å². The summed E-state index contributed by atoms with van der Waals surface area (Å²) in [5.41, 5.74) is 1.49. The number of hydrogen-bond acceptors (Lipinski definition) is 8. The summed E-state index contributed by atoms with van der Waals surface area (Å²) in [6, 6.07) is 11.1. The van der Waals surface area contributed by atoms with Crippen LogP contribution in [0.15, 0.2) is 45.3 Å². The summed E-state index contributed by atoms with van der Waals surface area (Å²) in [6.45, 7) is 0. The molecule has 0 bridgehead atoms. The van der Waals surface area contributed by atoms with Gasteiger partial charge < -0.3 is 14.3 Å². The van der Waals surface area contributed by atoms with Gasteiger partial charge in [-0.05, 0) is 12.8 Å². The fraction of sp³-hybridized carbons (Fsp3) is 0.368. The van der Waals surface area contributed by atoms with Crippen LogP contribution in [0.3, 0.4) is 0 Å². The fourth-order valence-electron chi connectivity index (χ4n) is 3.60. The molecule has 0 radical (unpaired) electrons. The number of nitrogens with zero attached hydrogens (tertiary/aromatic N) is 3. The van der Waals surface area contributed by atoms with Crippen LogP contribution in [0.1, 0.15) is 48.4 Å². The van der Waals surface area contributed by atoms with E-state index in [9.17, 15) is 13.2 Å². The maximum atomic E-state index is 12.4. The molecule has 1 saturated carbocycles. The normalized spacial score (nSPS) is 23.2. The third kappa shape index (κ3) is 3.55. The number of carbonyl (C=O) groups excluding carboxylic acids is 1. The van der Waals surface area contributed by atoms with Gasteiger partial charge in [0.15, 0.2) is 9.84 Å². The highest BCUT2D eigenvalue weighted by Crippen LogP contribution is 2.38. The van der Waals surface area contributed by atoms with Crippen molar-refractivity contribution in [1.82, 2.24) is 20.7 Å². The summed E-state index contributed by atoms with van der Waals surface area (Å²) in [7, 11) is -2.94. The average Bonchev–Trinajstić information content (AvgIpc) is 3.32. The van der Waals surface area contributed by atoms with Gasteiger partial charge in [-0.15, -0.1) is 10.2 Å². The minimum Gasteiger partial charge on any atom is -0.425 e. The van der Waals surface area contributed by atoms with Crippen molar-refractivity contribution in [3.63, 3.8) is 0 Å². The van der Waals surface area contributed by atoms with Gasteiger partial charge in [0.05, 0.1) is 17.4 Å². The maximum absolute atomic E-state index is 12.4. The van der Waals surface area contributed by atoms with E-state index in [4.69, 9.17) is 8.94 Å². The molecule has 9 nitrogen and oxygen atoms in total. The van der Waals surface area contributed by atoms with Gasteiger partial charge in [-0.3, -0.25) is 4.79 Å². The Morgan fingerprint density at radius 1 is 1.07 bits per heavy atom. The molecule has 1 N–H and O–H groups in total. The Morgan fingerprint density at radius 3 is 2.45 bits per heavy atom. The zero-order valence-corrected chi connectivity index (χ0v) is 16.1. The Balaban J connectivity index is 0.00000218. The molecule has 1 aromatic carbocycles. The van der Waals surface area contributed by atoms with Crippen LogP contribution in [-0.4, -0.2) is 47.2 Å². The minimum atomic E-state index is -2.94. The highest BCUT2D eigenvalue weighted by Gasteiger charge is 2.40. The monoisotopic (exact) mass is 416 g/mol. The van der Waals surface area contributed by atoms with Crippen molar-refractivity contribution < 1.29 is 23.6 Å². The first-order valence-corrected chi connectivity index (χ1v) is 11.2. The molecule has 1 aliphatic heterocycles. The number of hydrogen-bond donors (Lipinski definition) is 1. The van der Waals surface area contributed by atoms with Gasteiger partial charge >= 0.3 is 0 Å². The minimum absolute atomic E-state index is 0. The molecular weight excluding hydrogens is 396 g/mol. The number of carbonyl (C=O) groups is 1. The molecule has 152 valence electrons. The van der Waals surface area contributed by atoms with Gasteiger partial charge in [0.25, 0.3) is 5.91 Å². The highest BCUT2D eigenvalue weighted by atomic mass is 32.2. The smallest absolute Gasteiger partial charge is 0.290 e. The molecular formula is C19H20N4O5S. The number of benzene rings is 1. The van der Waals surface area contributed by atoms with Gasteiger partial charge in [0.2, 0.25) is 17.5 Å². The van der Waals surface area contributed by atoms with Gasteiger partial charge in [-0.1, -0.05) is 35.5 Å². The standard InChI is InChI=1S/C19H18N4O5S.H2/c24-17(16-8-15(23-28-16)11-4-2-1-3-5-11)20-14-6-12(7-14)18-21-22-19(27-18)13-9-29(25,26)10-13;/h1-5,8,12-14H,6-7,9-10H2,(H,20,24);1H. The SMILES string of the molecule is O=C(NC1CC(c2nnc(C3CS(=O)(=O)C3)o2)C1)c1cc(-c2ccccc2)no1.[HH]. The molecule has 3 heterocycles. The number of sulfone groups is 1. The van der Waals surface area contributed by atoms with Crippen molar-refractivity contribution in [3.8, 4) is 11.3 Å². The lowest BCUT2D eigenvalue weighted by Crippen LogP contribution is -2.43. The zero-order valence-electron chi connectivity index (χ0n) is 15.3. The first-order valence-electron chi connectivity index (χ1n) is 9.33. The Morgan fingerprint density at radius 2 is 1.76 bits per heavy atom. The van der Waals surface area contributed by atoms with E-state index in [1.807, 2.05) is 30.3 Å². The lowest BCUT2D eigenvalue weighted by molar-refractivity contribution is 0.0865. The van der Waals surface area contributed by atoms with Crippen LogP contribution in [0.5, 0.6) is 0 Å². The molecule has 0 unspecified atom stereocenters. The quantitative estimate of drug-likeness (QED) is 0.670. The molecule has 1 saturated heterocycles. The largest absolute Gasteiger partial charge is 0.425 e. The van der Waals surface area contributed by atoms with E-state index in [0.717, 1.165) is 5.56 Å². The highest BCUT2D eigenvalue weighted by molar-refractivity contribution is 7.92. The number of aromatic nitrogens is 3. The van der Waals surface area contributed by atoms with Gasteiger partial charge in [-0.25, -0.2) is 8.42 Å². The van der Waals surface area contributed by atoms with Crippen molar-refractivity contribution >= 4 is 15.7 Å². The number of rotatable bonds is 5. The van der Waals surface area contributed by atoms with Crippen molar-refractivity contribution in [3.05, 3.63) is 53.9 Å². The van der Waals surface area contributed by atoms with Gasteiger partial charge in [0.1, 0.15) is 5.69 Å². The van der Waals surface area contributed by atoms with Crippen LogP contribution < -0.4 is 5.32 Å². The Bertz CT molecular complexity index is 1140. The first-order chi connectivity index (χ1) is 14.0. The molecule has 0 atom stereocenters. The molecule has 2 aliphatic rings. The van der Waals surface area contributed by atoms with Crippen LogP contribution >= 0.6 is 0 Å². The molecule has 1 amide bonds. The number of nitrogens with one attached hydrogen (secondary N) is 1. The molecule has 5 rings (SSSR count). The van der Waals surface area contributed by atoms with Gasteiger partial charge in [-0.2, -0.15) is 0 Å². The molecule has 1 aliphatic carbocycles. The predicted molar refractivity (Wildman–Crippen MR) is 103 cm³/mol. The molecule has 2 aromatic heterocycles. The molecule has 2 fully saturated rings. The van der Waals surface area contributed by atoms with Crippen molar-refractivity contribution in [2.75, 3.05) is 11.5 Å². The lowest BCUT2D eigenvalue weighted by atomic mass is 9.80. The number of amides is 1. The van der Waals surface area contributed by atoms with Gasteiger partial charge in [0, 0.05) is 25.0 Å². The van der Waals surface area contributed by atoms with Crippen LogP contribution in [0.4, 0.5) is 0 Å². The maximum Gasteiger partial charge on any atom is 0.290 e. The average molecular weight is 416 g/mol. The van der Waals surface area contributed by atoms with Crippen molar-refractivity contribution in [1.29, 1.82) is 0 Å². The van der Waals surface area contributed by atoms with Crippen molar-refractivity contribution in [2.24, 2.45) is 0 Å². The third-order valence-electron chi connectivity index (χ3n) is 5.34. The summed E-state index contributed by atoms with van der Waals surface area (Å²) in [5, 5.41) is 14.9. The summed E-state index contributed by atoms with van der Waals surface area (Å²) in [5.74, 6) is 0.751. The Kier molecular flexibility index (Phi) is 4.23. The fourth-order valence-corrected chi connectivity index (χ4v) is 5.02. The van der Waals surface area contributed by atoms with E-state index in [1.54, 1.807) is 6.07 Å². The van der Waals surface area contributed by atoms with E-state index >= 15 is 0 Å². The molecule has 29 heavy (non-hydrogen) atoms. The molecule has 10 heteroatoms. The first kappa shape index (κ1) is 18.0. The summed E-state index contributed by atoms with van der Waals surface area (Å²) in [4.78, 5) is 12.4. The second kappa shape index (κ2) is 6.80. The predicted octanol–water partition coefficient (Wildman–Crippen LogP) is 2.16. The van der Waals surface area contributed by atoms with E-state index in [2.05, 4.69) is 20.7 Å². The van der Waals surface area contributed by atoms with Crippen LogP contribution in [0, 0.1) is 0 Å². The topological polar surface area (TPSA) is 128 Å². The zero-order chi connectivity index (χ0) is 20.0. The molecule has 3 aromatic rings. The van der Waals surface area contributed by atoms with E-state index < -0.39 is 9.84 Å². The second-order valence-corrected chi connectivity index (χ2v) is 9.69. The summed E-state index contributed by atoms with van der Waals surface area (Å²) in [6.07, 6.45) is 1.35. The molecule has 0 spiro atoms. The van der Waals surface area contributed by atoms with E-state index in [0.29, 0.717) is 30.3 Å². The third-order valence-corrected chi connectivity index (χ3v) is 7.16. The van der Waals surface area contributed by atoms with Crippen molar-refractivity contribution in [2.45, 2.75) is 30.7 Å². The lowest BCUT2D eigenvalue weighted by Gasteiger charge is -2.33. The van der Waals surface area contributed by atoms with E-state index in [-0.39, 0.29) is 42.5 Å². The van der Waals surface area contributed by atoms with E-state index in [1.165, 1.54) is 0 Å². The second-order valence-electron chi connectivity index (χ2n) is 7.53. The summed E-state index contributed by atoms with van der Waals surface area (Å²) >= 11 is 0. The summed E-state index contributed by atoms with van der Waals surface area (Å²) < 4.78 is 33.4. The van der Waals surface area contributed by atoms with Crippen LogP contribution in [0.25, 0.3) is 11.3 Å².